The van der Waals surface area contributed by atoms with Gasteiger partial charge in [0.15, 0.2) is 0 Å². The monoisotopic (exact) mass is 218 g/mol. The highest BCUT2D eigenvalue weighted by molar-refractivity contribution is 6.20. The van der Waals surface area contributed by atoms with E-state index in [4.69, 9.17) is 11.6 Å². The lowest BCUT2D eigenvalue weighted by Crippen LogP contribution is -2.03. The van der Waals surface area contributed by atoms with Crippen molar-refractivity contribution in [3.8, 4) is 0 Å². The lowest BCUT2D eigenvalue weighted by Gasteiger charge is -2.13. The maximum atomic E-state index is 13.3. The van der Waals surface area contributed by atoms with Gasteiger partial charge >= 0.3 is 0 Å². The summed E-state index contributed by atoms with van der Waals surface area (Å²) in [6, 6.07) is 3.51. The molecule has 3 heteroatoms. The molecule has 78 valence electrons. The SMILES string of the molecule is CC(Cl)CC(C)c1cc(F)ccc1F. The minimum Gasteiger partial charge on any atom is -0.207 e. The Hall–Kier alpha value is -0.630. The summed E-state index contributed by atoms with van der Waals surface area (Å²) in [6.45, 7) is 3.69. The van der Waals surface area contributed by atoms with Gasteiger partial charge in [0.1, 0.15) is 11.6 Å². The van der Waals surface area contributed by atoms with Crippen LogP contribution in [0.15, 0.2) is 18.2 Å². The molecule has 0 radical (unpaired) electrons. The summed E-state index contributed by atoms with van der Waals surface area (Å²) in [4.78, 5) is 0. The van der Waals surface area contributed by atoms with Gasteiger partial charge in [0.25, 0.3) is 0 Å². The second-order valence-corrected chi connectivity index (χ2v) is 4.33. The molecule has 0 nitrogen and oxygen atoms in total. The number of alkyl halides is 1. The normalized spacial score (nSPS) is 15.2. The maximum Gasteiger partial charge on any atom is 0.126 e. The van der Waals surface area contributed by atoms with Gasteiger partial charge in [-0.25, -0.2) is 8.78 Å². The van der Waals surface area contributed by atoms with Crippen molar-refractivity contribution in [1.29, 1.82) is 0 Å². The van der Waals surface area contributed by atoms with Crippen LogP contribution in [-0.2, 0) is 0 Å². The molecule has 2 atom stereocenters. The summed E-state index contributed by atoms with van der Waals surface area (Å²) in [5.41, 5.74) is 0.400. The van der Waals surface area contributed by atoms with Crippen molar-refractivity contribution >= 4 is 11.6 Å². The Morgan fingerprint density at radius 2 is 1.93 bits per heavy atom. The van der Waals surface area contributed by atoms with E-state index in [0.29, 0.717) is 12.0 Å². The highest BCUT2D eigenvalue weighted by Crippen LogP contribution is 2.25. The molecule has 0 aliphatic heterocycles. The van der Waals surface area contributed by atoms with Gasteiger partial charge in [-0.15, -0.1) is 11.6 Å². The highest BCUT2D eigenvalue weighted by atomic mass is 35.5. The number of hydrogen-bond donors (Lipinski definition) is 0. The average Bonchev–Trinajstić information content (AvgIpc) is 2.08. The molecule has 0 aliphatic carbocycles. The molecule has 0 bridgehead atoms. The van der Waals surface area contributed by atoms with E-state index in [9.17, 15) is 8.78 Å². The second kappa shape index (κ2) is 4.74. The summed E-state index contributed by atoms with van der Waals surface area (Å²) in [5, 5.41) is -0.0346. The van der Waals surface area contributed by atoms with Gasteiger partial charge in [-0.3, -0.25) is 0 Å². The molecule has 0 amide bonds. The van der Waals surface area contributed by atoms with Gasteiger partial charge < -0.3 is 0 Å². The summed E-state index contributed by atoms with van der Waals surface area (Å²) in [6.07, 6.45) is 0.641. The standard InChI is InChI=1S/C11H13ClF2/c1-7(5-8(2)12)10-6-9(13)3-4-11(10)14/h3-4,6-8H,5H2,1-2H3. The summed E-state index contributed by atoms with van der Waals surface area (Å²) in [5.74, 6) is -0.829. The molecule has 0 saturated carbocycles. The molecule has 0 aliphatic rings. The van der Waals surface area contributed by atoms with Crippen LogP contribution in [-0.4, -0.2) is 5.38 Å². The van der Waals surface area contributed by atoms with Crippen molar-refractivity contribution in [2.45, 2.75) is 31.6 Å². The zero-order valence-corrected chi connectivity index (χ0v) is 8.98. The summed E-state index contributed by atoms with van der Waals surface area (Å²) < 4.78 is 26.1. The van der Waals surface area contributed by atoms with Crippen LogP contribution in [0.3, 0.4) is 0 Å². The minimum atomic E-state index is -0.407. The third-order valence-corrected chi connectivity index (χ3v) is 2.35. The Balaban J connectivity index is 2.88. The molecule has 1 rings (SSSR count). The maximum absolute atomic E-state index is 13.3. The zero-order chi connectivity index (χ0) is 10.7. The van der Waals surface area contributed by atoms with Gasteiger partial charge in [0.2, 0.25) is 0 Å². The van der Waals surface area contributed by atoms with E-state index < -0.39 is 5.82 Å². The topological polar surface area (TPSA) is 0 Å². The van der Waals surface area contributed by atoms with Crippen LogP contribution in [0.5, 0.6) is 0 Å². The van der Waals surface area contributed by atoms with Crippen molar-refractivity contribution in [3.05, 3.63) is 35.4 Å². The summed E-state index contributed by atoms with van der Waals surface area (Å²) >= 11 is 5.80. The lowest BCUT2D eigenvalue weighted by atomic mass is 9.96. The van der Waals surface area contributed by atoms with Crippen molar-refractivity contribution in [1.82, 2.24) is 0 Å². The van der Waals surface area contributed by atoms with Crippen LogP contribution in [0.4, 0.5) is 8.78 Å². The lowest BCUT2D eigenvalue weighted by molar-refractivity contribution is 0.555. The average molecular weight is 219 g/mol. The van der Waals surface area contributed by atoms with E-state index in [1.54, 1.807) is 0 Å². The van der Waals surface area contributed by atoms with Gasteiger partial charge in [-0.1, -0.05) is 6.92 Å². The second-order valence-electron chi connectivity index (χ2n) is 3.58. The van der Waals surface area contributed by atoms with Gasteiger partial charge in [0.05, 0.1) is 0 Å². The molecule has 0 aromatic heterocycles. The van der Waals surface area contributed by atoms with Crippen molar-refractivity contribution < 1.29 is 8.78 Å². The number of halogens is 3. The third kappa shape index (κ3) is 2.95. The first-order valence-corrected chi connectivity index (χ1v) is 5.03. The van der Waals surface area contributed by atoms with Gasteiger partial charge in [0, 0.05) is 5.38 Å². The van der Waals surface area contributed by atoms with E-state index in [1.807, 2.05) is 13.8 Å². The van der Waals surface area contributed by atoms with Crippen LogP contribution in [0, 0.1) is 11.6 Å². The van der Waals surface area contributed by atoms with Crippen LogP contribution >= 0.6 is 11.6 Å². The molecule has 0 fully saturated rings. The van der Waals surface area contributed by atoms with Crippen LogP contribution < -0.4 is 0 Å². The minimum absolute atomic E-state index is 0.0346. The smallest absolute Gasteiger partial charge is 0.126 e. The fourth-order valence-electron chi connectivity index (χ4n) is 1.51. The Kier molecular flexibility index (Phi) is 3.87. The number of hydrogen-bond acceptors (Lipinski definition) is 0. The molecular weight excluding hydrogens is 206 g/mol. The molecule has 1 aromatic carbocycles. The van der Waals surface area contributed by atoms with Crippen molar-refractivity contribution in [3.63, 3.8) is 0 Å². The zero-order valence-electron chi connectivity index (χ0n) is 8.23. The van der Waals surface area contributed by atoms with E-state index in [1.165, 1.54) is 6.07 Å². The molecular formula is C11H13ClF2. The third-order valence-electron chi connectivity index (χ3n) is 2.17. The van der Waals surface area contributed by atoms with E-state index in [0.717, 1.165) is 12.1 Å². The first-order chi connectivity index (χ1) is 6.50. The van der Waals surface area contributed by atoms with Crippen molar-refractivity contribution in [2.75, 3.05) is 0 Å². The van der Waals surface area contributed by atoms with Crippen LogP contribution in [0.25, 0.3) is 0 Å². The largest absolute Gasteiger partial charge is 0.207 e. The molecule has 2 unspecified atom stereocenters. The van der Waals surface area contributed by atoms with E-state index in [2.05, 4.69) is 0 Å². The van der Waals surface area contributed by atoms with E-state index >= 15 is 0 Å². The quantitative estimate of drug-likeness (QED) is 0.671. The van der Waals surface area contributed by atoms with Gasteiger partial charge in [-0.05, 0) is 43.0 Å². The van der Waals surface area contributed by atoms with Gasteiger partial charge in [-0.2, -0.15) is 0 Å². The predicted octanol–water partition coefficient (Wildman–Crippen LogP) is 4.09. The van der Waals surface area contributed by atoms with Crippen LogP contribution in [0.2, 0.25) is 0 Å². The first kappa shape index (κ1) is 11.4. The fourth-order valence-corrected chi connectivity index (χ4v) is 1.77. The summed E-state index contributed by atoms with van der Waals surface area (Å²) in [7, 11) is 0. The Labute approximate surface area is 87.9 Å². The molecule has 0 heterocycles. The molecule has 0 N–H and O–H groups in total. The molecule has 1 aromatic rings. The van der Waals surface area contributed by atoms with Crippen LogP contribution in [0.1, 0.15) is 31.7 Å². The predicted molar refractivity (Wildman–Crippen MR) is 54.7 cm³/mol. The fraction of sp³-hybridized carbons (Fsp3) is 0.455. The molecule has 0 spiro atoms. The Morgan fingerprint density at radius 3 is 2.50 bits per heavy atom. The Bertz CT molecular complexity index is 310. The Morgan fingerprint density at radius 1 is 1.29 bits per heavy atom. The highest BCUT2D eigenvalue weighted by Gasteiger charge is 2.13. The number of rotatable bonds is 3. The number of benzene rings is 1. The first-order valence-electron chi connectivity index (χ1n) is 4.59. The molecule has 0 saturated heterocycles. The molecule has 14 heavy (non-hydrogen) atoms. The van der Waals surface area contributed by atoms with E-state index in [-0.39, 0.29) is 17.1 Å². The van der Waals surface area contributed by atoms with Crippen molar-refractivity contribution in [2.24, 2.45) is 0 Å².